The Labute approximate surface area is 90.6 Å². The predicted molar refractivity (Wildman–Crippen MR) is 57.0 cm³/mol. The fourth-order valence-corrected chi connectivity index (χ4v) is 1.46. The summed E-state index contributed by atoms with van der Waals surface area (Å²) in [6.45, 7) is 0. The number of carboxylic acids is 1. The molecule has 0 bridgehead atoms. The lowest BCUT2D eigenvalue weighted by Gasteiger charge is -2.10. The van der Waals surface area contributed by atoms with Crippen molar-refractivity contribution < 1.29 is 19.0 Å². The number of anilines is 1. The Balaban J connectivity index is 3.22. The number of methoxy groups -OCH3 is 1. The molecule has 0 unspecified atom stereocenters. The minimum atomic E-state index is -1.32. The zero-order valence-corrected chi connectivity index (χ0v) is 9.02. The summed E-state index contributed by atoms with van der Waals surface area (Å²) in [7, 11) is 1.39. The van der Waals surface area contributed by atoms with E-state index in [1.807, 2.05) is 0 Å². The Morgan fingerprint density at radius 2 is 2.27 bits per heavy atom. The number of aromatic carboxylic acids is 1. The molecule has 1 aromatic rings. The van der Waals surface area contributed by atoms with Gasteiger partial charge in [0.05, 0.1) is 18.4 Å². The van der Waals surface area contributed by atoms with Crippen molar-refractivity contribution in [3.8, 4) is 5.75 Å². The molecule has 6 heteroatoms. The summed E-state index contributed by atoms with van der Waals surface area (Å²) in [5.41, 5.74) is 0.00556. The van der Waals surface area contributed by atoms with E-state index in [1.54, 1.807) is 6.26 Å². The number of rotatable bonds is 4. The molecule has 2 N–H and O–H groups in total. The number of hydrogen-bond donors (Lipinski definition) is 2. The first kappa shape index (κ1) is 11.6. The molecule has 0 radical (unpaired) electrons. The van der Waals surface area contributed by atoms with E-state index in [9.17, 15) is 9.18 Å². The molecule has 0 fully saturated rings. The molecule has 15 heavy (non-hydrogen) atoms. The lowest BCUT2D eigenvalue weighted by atomic mass is 10.2. The van der Waals surface area contributed by atoms with Crippen LogP contribution in [0, 0.1) is 5.82 Å². The third kappa shape index (κ3) is 2.53. The highest BCUT2D eigenvalue weighted by Crippen LogP contribution is 2.29. The number of nitrogens with one attached hydrogen (secondary N) is 1. The molecule has 0 aliphatic rings. The van der Waals surface area contributed by atoms with Crippen LogP contribution in [-0.4, -0.2) is 24.4 Å². The zero-order chi connectivity index (χ0) is 11.4. The molecule has 82 valence electrons. The molecule has 0 aromatic heterocycles. The molecule has 0 heterocycles. The van der Waals surface area contributed by atoms with Crippen LogP contribution in [0.4, 0.5) is 10.1 Å². The monoisotopic (exact) mass is 231 g/mol. The Bertz CT molecular complexity index is 384. The van der Waals surface area contributed by atoms with Gasteiger partial charge in [-0.3, -0.25) is 0 Å². The van der Waals surface area contributed by atoms with Crippen LogP contribution in [0.5, 0.6) is 5.75 Å². The maximum atomic E-state index is 13.3. The average Bonchev–Trinajstić information content (AvgIpc) is 2.18. The van der Waals surface area contributed by atoms with E-state index < -0.39 is 17.3 Å². The van der Waals surface area contributed by atoms with Gasteiger partial charge in [0, 0.05) is 12.3 Å². The summed E-state index contributed by atoms with van der Waals surface area (Å²) < 4.78 is 21.0. The smallest absolute Gasteiger partial charge is 0.338 e. The molecule has 4 nitrogen and oxygen atoms in total. The molecule has 1 aromatic carbocycles. The molecule has 0 saturated heterocycles. The van der Waals surface area contributed by atoms with E-state index in [0.29, 0.717) is 11.4 Å². The number of carboxylic acid groups (broad SMARTS) is 1. The van der Waals surface area contributed by atoms with E-state index in [1.165, 1.54) is 19.1 Å². The first-order valence-electron chi connectivity index (χ1n) is 4.00. The number of ether oxygens (including phenoxy) is 1. The highest BCUT2D eigenvalue weighted by Gasteiger charge is 2.15. The van der Waals surface area contributed by atoms with E-state index in [4.69, 9.17) is 9.84 Å². The number of carbonyl (C=O) groups is 1. The van der Waals surface area contributed by atoms with Crippen molar-refractivity contribution in [1.82, 2.24) is 0 Å². The van der Waals surface area contributed by atoms with Crippen molar-refractivity contribution in [1.29, 1.82) is 0 Å². The van der Waals surface area contributed by atoms with Gasteiger partial charge < -0.3 is 14.6 Å². The first-order chi connectivity index (χ1) is 7.10. The number of hydrogen-bond acceptors (Lipinski definition) is 4. The molecule has 0 spiro atoms. The van der Waals surface area contributed by atoms with Crippen LogP contribution in [-0.2, 0) is 0 Å². The largest absolute Gasteiger partial charge is 0.495 e. The van der Waals surface area contributed by atoms with Gasteiger partial charge in [-0.15, -0.1) is 0 Å². The highest BCUT2D eigenvalue weighted by atomic mass is 32.2. The second kappa shape index (κ2) is 4.88. The van der Waals surface area contributed by atoms with Crippen molar-refractivity contribution in [3.05, 3.63) is 23.5 Å². The maximum Gasteiger partial charge on any atom is 0.338 e. The summed E-state index contributed by atoms with van der Waals surface area (Å²) in [6, 6.07) is 2.25. The van der Waals surface area contributed by atoms with Gasteiger partial charge in [-0.25, -0.2) is 9.18 Å². The topological polar surface area (TPSA) is 58.6 Å². The summed E-state index contributed by atoms with van der Waals surface area (Å²) in [6.07, 6.45) is 1.77. The van der Waals surface area contributed by atoms with Crippen LogP contribution in [0.15, 0.2) is 12.1 Å². The summed E-state index contributed by atoms with van der Waals surface area (Å²) >= 11 is 1.26. The number of halogens is 1. The molecule has 0 aliphatic carbocycles. The molecule has 0 atom stereocenters. The van der Waals surface area contributed by atoms with Gasteiger partial charge in [0.1, 0.15) is 11.6 Å². The van der Waals surface area contributed by atoms with Crippen LogP contribution in [0.2, 0.25) is 0 Å². The lowest BCUT2D eigenvalue weighted by molar-refractivity contribution is 0.0691. The van der Waals surface area contributed by atoms with Crippen LogP contribution in [0.25, 0.3) is 0 Å². The molecule has 0 aliphatic heterocycles. The first-order valence-corrected chi connectivity index (χ1v) is 5.22. The van der Waals surface area contributed by atoms with Gasteiger partial charge >= 0.3 is 5.97 Å². The standard InChI is InChI=1S/C9H10FNO3S/c1-14-8-3-5(9(12)13)6(10)4-7(8)11-15-2/h3-4,11H,1-2H3,(H,12,13). The summed E-state index contributed by atoms with van der Waals surface area (Å²) in [5, 5.41) is 8.69. The Morgan fingerprint density at radius 1 is 1.60 bits per heavy atom. The van der Waals surface area contributed by atoms with E-state index in [0.717, 1.165) is 12.1 Å². The van der Waals surface area contributed by atoms with Crippen LogP contribution < -0.4 is 9.46 Å². The van der Waals surface area contributed by atoms with Crippen molar-refractivity contribution in [3.63, 3.8) is 0 Å². The van der Waals surface area contributed by atoms with Crippen molar-refractivity contribution in [2.75, 3.05) is 18.1 Å². The van der Waals surface area contributed by atoms with E-state index in [2.05, 4.69) is 4.72 Å². The lowest BCUT2D eigenvalue weighted by Crippen LogP contribution is -2.03. The Morgan fingerprint density at radius 3 is 2.73 bits per heavy atom. The quantitative estimate of drug-likeness (QED) is 0.778. The van der Waals surface area contributed by atoms with Gasteiger partial charge in [0.2, 0.25) is 0 Å². The zero-order valence-electron chi connectivity index (χ0n) is 8.20. The Hall–Kier alpha value is -1.43. The fourth-order valence-electron chi connectivity index (χ4n) is 1.08. The molecule has 0 saturated carbocycles. The fraction of sp³-hybridized carbons (Fsp3) is 0.222. The van der Waals surface area contributed by atoms with Crippen molar-refractivity contribution >= 4 is 23.6 Å². The van der Waals surface area contributed by atoms with Gasteiger partial charge in [-0.1, -0.05) is 11.9 Å². The molecule has 1 rings (SSSR count). The van der Waals surface area contributed by atoms with Crippen LogP contribution >= 0.6 is 11.9 Å². The van der Waals surface area contributed by atoms with E-state index >= 15 is 0 Å². The Kier molecular flexibility index (Phi) is 3.79. The van der Waals surface area contributed by atoms with Crippen LogP contribution in [0.3, 0.4) is 0 Å². The molecular formula is C9H10FNO3S. The van der Waals surface area contributed by atoms with Gasteiger partial charge in [-0.05, 0) is 6.07 Å². The summed E-state index contributed by atoms with van der Waals surface area (Å²) in [5.74, 6) is -1.82. The third-order valence-electron chi connectivity index (χ3n) is 1.73. The normalized spacial score (nSPS) is 9.80. The minimum absolute atomic E-state index is 0.295. The van der Waals surface area contributed by atoms with Gasteiger partial charge in [0.15, 0.2) is 0 Å². The van der Waals surface area contributed by atoms with Crippen molar-refractivity contribution in [2.45, 2.75) is 0 Å². The van der Waals surface area contributed by atoms with Crippen LogP contribution in [0.1, 0.15) is 10.4 Å². The second-order valence-electron chi connectivity index (χ2n) is 2.64. The van der Waals surface area contributed by atoms with E-state index in [-0.39, 0.29) is 0 Å². The summed E-state index contributed by atoms with van der Waals surface area (Å²) in [4.78, 5) is 10.6. The molecular weight excluding hydrogens is 221 g/mol. The minimum Gasteiger partial charge on any atom is -0.495 e. The molecule has 0 amide bonds. The third-order valence-corrected chi connectivity index (χ3v) is 2.16. The SMILES string of the molecule is COc1cc(C(=O)O)c(F)cc1NSC. The average molecular weight is 231 g/mol. The maximum absolute atomic E-state index is 13.3. The predicted octanol–water partition coefficient (Wildman–Crippen LogP) is 2.22. The van der Waals surface area contributed by atoms with Gasteiger partial charge in [-0.2, -0.15) is 0 Å². The second-order valence-corrected chi connectivity index (χ2v) is 3.26. The highest BCUT2D eigenvalue weighted by molar-refractivity contribution is 7.99. The number of benzene rings is 1. The van der Waals surface area contributed by atoms with Crippen molar-refractivity contribution in [2.24, 2.45) is 0 Å². The van der Waals surface area contributed by atoms with Gasteiger partial charge in [0.25, 0.3) is 0 Å².